The van der Waals surface area contributed by atoms with E-state index in [-0.39, 0.29) is 18.1 Å². The molecular formula is C10H17N3O3. The maximum Gasteiger partial charge on any atom is 0.327 e. The van der Waals surface area contributed by atoms with Crippen molar-refractivity contribution in [3.8, 4) is 0 Å². The van der Waals surface area contributed by atoms with Crippen LogP contribution in [0.3, 0.4) is 0 Å². The zero-order chi connectivity index (χ0) is 11.7. The first-order chi connectivity index (χ1) is 7.61. The van der Waals surface area contributed by atoms with Crippen LogP contribution in [0, 0.1) is 0 Å². The van der Waals surface area contributed by atoms with Crippen molar-refractivity contribution >= 4 is 11.9 Å². The summed E-state index contributed by atoms with van der Waals surface area (Å²) >= 11 is 0. The molecule has 0 aliphatic carbocycles. The van der Waals surface area contributed by atoms with Gasteiger partial charge in [-0.15, -0.1) is 0 Å². The fraction of sp³-hybridized carbons (Fsp3) is 0.800. The zero-order valence-corrected chi connectivity index (χ0v) is 9.68. The number of rotatable bonds is 1. The first-order valence-electron chi connectivity index (χ1n) is 5.46. The van der Waals surface area contributed by atoms with Crippen molar-refractivity contribution in [1.29, 1.82) is 0 Å². The summed E-state index contributed by atoms with van der Waals surface area (Å²) in [5.41, 5.74) is 0. The third-order valence-electron chi connectivity index (χ3n) is 3.23. The number of morpholine rings is 1. The average molecular weight is 227 g/mol. The third-order valence-corrected chi connectivity index (χ3v) is 3.23. The van der Waals surface area contributed by atoms with Crippen molar-refractivity contribution in [2.45, 2.75) is 12.6 Å². The second-order valence-corrected chi connectivity index (χ2v) is 4.18. The highest BCUT2D eigenvalue weighted by molar-refractivity contribution is 5.96. The zero-order valence-electron chi connectivity index (χ0n) is 9.68. The van der Waals surface area contributed by atoms with Crippen LogP contribution in [0.4, 0.5) is 4.79 Å². The molecule has 0 radical (unpaired) electrons. The molecule has 0 spiro atoms. The molecule has 2 aliphatic heterocycles. The van der Waals surface area contributed by atoms with Crippen LogP contribution < -0.4 is 0 Å². The summed E-state index contributed by atoms with van der Waals surface area (Å²) in [7, 11) is 3.27. The summed E-state index contributed by atoms with van der Waals surface area (Å²) in [6.45, 7) is 2.89. The van der Waals surface area contributed by atoms with E-state index in [2.05, 4.69) is 4.90 Å². The smallest absolute Gasteiger partial charge is 0.327 e. The lowest BCUT2D eigenvalue weighted by Gasteiger charge is -2.43. The number of nitrogens with zero attached hydrogens (tertiary/aromatic N) is 3. The van der Waals surface area contributed by atoms with Crippen molar-refractivity contribution in [3.63, 3.8) is 0 Å². The van der Waals surface area contributed by atoms with Crippen LogP contribution in [-0.4, -0.2) is 73.2 Å². The quantitative estimate of drug-likeness (QED) is 0.609. The predicted molar refractivity (Wildman–Crippen MR) is 56.7 cm³/mol. The minimum Gasteiger partial charge on any atom is -0.379 e. The maximum absolute atomic E-state index is 11.8. The van der Waals surface area contributed by atoms with Crippen molar-refractivity contribution < 1.29 is 14.3 Å². The maximum atomic E-state index is 11.8. The van der Waals surface area contributed by atoms with Crippen LogP contribution in [0.15, 0.2) is 0 Å². The van der Waals surface area contributed by atoms with Crippen LogP contribution in [0.25, 0.3) is 0 Å². The molecule has 2 heterocycles. The van der Waals surface area contributed by atoms with Gasteiger partial charge in [0.05, 0.1) is 25.8 Å². The van der Waals surface area contributed by atoms with Crippen LogP contribution in [0.5, 0.6) is 0 Å². The van der Waals surface area contributed by atoms with Crippen LogP contribution in [-0.2, 0) is 9.53 Å². The van der Waals surface area contributed by atoms with Crippen molar-refractivity contribution in [1.82, 2.24) is 14.7 Å². The fourth-order valence-corrected chi connectivity index (χ4v) is 2.15. The molecule has 2 saturated heterocycles. The second-order valence-electron chi connectivity index (χ2n) is 4.18. The monoisotopic (exact) mass is 227 g/mol. The van der Waals surface area contributed by atoms with Gasteiger partial charge in [-0.1, -0.05) is 0 Å². The average Bonchev–Trinajstić information content (AvgIpc) is 2.32. The lowest BCUT2D eigenvalue weighted by molar-refractivity contribution is -0.135. The van der Waals surface area contributed by atoms with E-state index >= 15 is 0 Å². The lowest BCUT2D eigenvalue weighted by atomic mass is 10.2. The Morgan fingerprint density at radius 2 is 1.81 bits per heavy atom. The van der Waals surface area contributed by atoms with E-state index in [1.54, 1.807) is 11.9 Å². The molecular weight excluding hydrogens is 210 g/mol. The summed E-state index contributed by atoms with van der Waals surface area (Å²) in [5.74, 6) is -0.111. The first-order valence-corrected chi connectivity index (χ1v) is 5.46. The van der Waals surface area contributed by atoms with E-state index in [4.69, 9.17) is 4.74 Å². The summed E-state index contributed by atoms with van der Waals surface area (Å²) in [6, 6.07) is -0.229. The normalized spacial score (nSPS) is 28.8. The Balaban J connectivity index is 2.08. The number of urea groups is 1. The number of carbonyl (C=O) groups is 2. The number of amides is 3. The Kier molecular flexibility index (Phi) is 3.11. The highest BCUT2D eigenvalue weighted by atomic mass is 16.5. The minimum atomic E-state index is -0.229. The Labute approximate surface area is 94.7 Å². The highest BCUT2D eigenvalue weighted by Gasteiger charge is 2.37. The van der Waals surface area contributed by atoms with Gasteiger partial charge in [-0.05, 0) is 0 Å². The fourth-order valence-electron chi connectivity index (χ4n) is 2.15. The number of ether oxygens (including phenoxy) is 1. The van der Waals surface area contributed by atoms with E-state index in [1.807, 2.05) is 0 Å². The molecule has 0 aromatic heterocycles. The molecule has 2 aliphatic rings. The molecule has 90 valence electrons. The number of hydrogen-bond donors (Lipinski definition) is 0. The van der Waals surface area contributed by atoms with Gasteiger partial charge in [-0.2, -0.15) is 0 Å². The van der Waals surface area contributed by atoms with Gasteiger partial charge < -0.3 is 9.64 Å². The molecule has 1 atom stereocenters. The SMILES string of the molecule is CN1C(=O)CC(N2CCOCC2)N(C)C1=O. The molecule has 1 unspecified atom stereocenters. The van der Waals surface area contributed by atoms with Crippen LogP contribution >= 0.6 is 0 Å². The Bertz CT molecular complexity index is 302. The largest absolute Gasteiger partial charge is 0.379 e. The molecule has 0 aromatic rings. The summed E-state index contributed by atoms with van der Waals surface area (Å²) in [4.78, 5) is 28.3. The van der Waals surface area contributed by atoms with Gasteiger partial charge in [0.2, 0.25) is 5.91 Å². The van der Waals surface area contributed by atoms with Gasteiger partial charge in [-0.25, -0.2) is 4.79 Å². The van der Waals surface area contributed by atoms with E-state index in [9.17, 15) is 9.59 Å². The van der Waals surface area contributed by atoms with Gasteiger partial charge in [0.1, 0.15) is 0 Å². The summed E-state index contributed by atoms with van der Waals surface area (Å²) in [6.07, 6.45) is 0.263. The van der Waals surface area contributed by atoms with Gasteiger partial charge in [0, 0.05) is 27.2 Å². The van der Waals surface area contributed by atoms with E-state index in [0.717, 1.165) is 13.1 Å². The summed E-state index contributed by atoms with van der Waals surface area (Å²) in [5, 5.41) is 0. The number of carbonyl (C=O) groups excluding carboxylic acids is 2. The molecule has 0 aromatic carbocycles. The third kappa shape index (κ3) is 1.90. The van der Waals surface area contributed by atoms with Gasteiger partial charge in [-0.3, -0.25) is 14.6 Å². The van der Waals surface area contributed by atoms with E-state index in [0.29, 0.717) is 19.6 Å². The summed E-state index contributed by atoms with van der Waals surface area (Å²) < 4.78 is 5.26. The highest BCUT2D eigenvalue weighted by Crippen LogP contribution is 2.18. The Morgan fingerprint density at radius 1 is 1.19 bits per heavy atom. The minimum absolute atomic E-state index is 0.111. The molecule has 16 heavy (non-hydrogen) atoms. The molecule has 0 saturated carbocycles. The van der Waals surface area contributed by atoms with Gasteiger partial charge >= 0.3 is 6.03 Å². The van der Waals surface area contributed by atoms with Crippen molar-refractivity contribution in [2.24, 2.45) is 0 Å². The molecule has 6 heteroatoms. The van der Waals surface area contributed by atoms with Gasteiger partial charge in [0.25, 0.3) is 0 Å². The number of imide groups is 1. The molecule has 2 rings (SSSR count). The van der Waals surface area contributed by atoms with Crippen molar-refractivity contribution in [2.75, 3.05) is 40.4 Å². The second kappa shape index (κ2) is 4.39. The standard InChI is InChI=1S/C10H17N3O3/c1-11-8(13-3-5-16-6-4-13)7-9(14)12(2)10(11)15/h8H,3-7H2,1-2H3. The molecule has 0 N–H and O–H groups in total. The molecule has 3 amide bonds. The Hall–Kier alpha value is -1.14. The number of hydrogen-bond acceptors (Lipinski definition) is 4. The van der Waals surface area contributed by atoms with Gasteiger partial charge in [0.15, 0.2) is 0 Å². The predicted octanol–water partition coefficient (Wildman–Crippen LogP) is -0.441. The lowest BCUT2D eigenvalue weighted by Crippen LogP contribution is -2.61. The molecule has 6 nitrogen and oxygen atoms in total. The van der Waals surface area contributed by atoms with E-state index in [1.165, 1.54) is 11.9 Å². The van der Waals surface area contributed by atoms with E-state index < -0.39 is 0 Å². The molecule has 0 bridgehead atoms. The topological polar surface area (TPSA) is 53.1 Å². The Morgan fingerprint density at radius 3 is 2.44 bits per heavy atom. The first kappa shape index (κ1) is 11.3. The van der Waals surface area contributed by atoms with Crippen molar-refractivity contribution in [3.05, 3.63) is 0 Å². The van der Waals surface area contributed by atoms with Crippen LogP contribution in [0.1, 0.15) is 6.42 Å². The molecule has 2 fully saturated rings. The van der Waals surface area contributed by atoms with Crippen LogP contribution in [0.2, 0.25) is 0 Å².